The summed E-state index contributed by atoms with van der Waals surface area (Å²) in [6, 6.07) is 15.1. The predicted octanol–water partition coefficient (Wildman–Crippen LogP) is 3.44. The summed E-state index contributed by atoms with van der Waals surface area (Å²) in [6.07, 6.45) is 1.42. The van der Waals surface area contributed by atoms with E-state index in [-0.39, 0.29) is 11.9 Å². The van der Waals surface area contributed by atoms with Crippen LogP contribution in [0.3, 0.4) is 0 Å². The Balaban J connectivity index is 1.66. The molecule has 3 amide bonds. The van der Waals surface area contributed by atoms with Gasteiger partial charge in [-0.2, -0.15) is 0 Å². The molecule has 5 nitrogen and oxygen atoms in total. The number of benzene rings is 2. The Hall–Kier alpha value is -2.82. The Morgan fingerprint density at radius 1 is 1.12 bits per heavy atom. The van der Waals surface area contributed by atoms with Gasteiger partial charge in [-0.15, -0.1) is 0 Å². The molecule has 5 heteroatoms. The first-order valence-corrected chi connectivity index (χ1v) is 8.14. The summed E-state index contributed by atoms with van der Waals surface area (Å²) in [5.41, 5.74) is 3.62. The van der Waals surface area contributed by atoms with Crippen LogP contribution >= 0.6 is 0 Å². The highest BCUT2D eigenvalue weighted by Crippen LogP contribution is 2.29. The summed E-state index contributed by atoms with van der Waals surface area (Å²) in [6.45, 7) is 3.18. The third-order valence-corrected chi connectivity index (χ3v) is 4.22. The van der Waals surface area contributed by atoms with Crippen molar-refractivity contribution in [1.29, 1.82) is 0 Å². The molecule has 1 aliphatic heterocycles. The lowest BCUT2D eigenvalue weighted by Crippen LogP contribution is -2.30. The smallest absolute Gasteiger partial charge is 0.319 e. The van der Waals surface area contributed by atoms with Gasteiger partial charge in [-0.1, -0.05) is 36.4 Å². The number of rotatable bonds is 4. The third-order valence-electron chi connectivity index (χ3n) is 4.22. The number of urea groups is 1. The average molecular weight is 323 g/mol. The normalized spacial score (nSPS) is 13.9. The van der Waals surface area contributed by atoms with Crippen molar-refractivity contribution in [2.24, 2.45) is 0 Å². The van der Waals surface area contributed by atoms with Crippen LogP contribution in [0, 0.1) is 6.92 Å². The first-order chi connectivity index (χ1) is 11.6. The van der Waals surface area contributed by atoms with Gasteiger partial charge in [-0.05, 0) is 36.6 Å². The Kier molecular flexibility index (Phi) is 4.79. The topological polar surface area (TPSA) is 61.4 Å². The van der Waals surface area contributed by atoms with Crippen molar-refractivity contribution in [2.75, 3.05) is 16.8 Å². The van der Waals surface area contributed by atoms with Crippen LogP contribution in [0.4, 0.5) is 16.2 Å². The average Bonchev–Trinajstić information content (AvgIpc) is 3.00. The van der Waals surface area contributed by atoms with Gasteiger partial charge in [0.15, 0.2) is 0 Å². The second kappa shape index (κ2) is 7.17. The fourth-order valence-electron chi connectivity index (χ4n) is 2.87. The number of nitrogens with zero attached hydrogens (tertiary/aromatic N) is 1. The minimum Gasteiger partial charge on any atom is -0.334 e. The lowest BCUT2D eigenvalue weighted by Gasteiger charge is -2.20. The molecule has 1 fully saturated rings. The van der Waals surface area contributed by atoms with E-state index in [2.05, 4.69) is 10.6 Å². The number of para-hydroxylation sites is 2. The lowest BCUT2D eigenvalue weighted by atomic mass is 10.1. The molecule has 2 aromatic rings. The van der Waals surface area contributed by atoms with Gasteiger partial charge in [-0.3, -0.25) is 4.79 Å². The van der Waals surface area contributed by atoms with Gasteiger partial charge in [-0.25, -0.2) is 4.79 Å². The number of hydrogen-bond donors (Lipinski definition) is 2. The SMILES string of the molecule is Cc1ccccc1CNC(=O)Nc1ccccc1N1CCCC1=O. The van der Waals surface area contributed by atoms with Crippen molar-refractivity contribution in [1.82, 2.24) is 5.32 Å². The number of carbonyl (C=O) groups is 2. The fourth-order valence-corrected chi connectivity index (χ4v) is 2.87. The maximum atomic E-state index is 12.2. The number of nitrogens with one attached hydrogen (secondary N) is 2. The molecule has 0 atom stereocenters. The van der Waals surface area contributed by atoms with Crippen LogP contribution in [0.15, 0.2) is 48.5 Å². The molecular formula is C19H21N3O2. The van der Waals surface area contributed by atoms with E-state index in [0.29, 0.717) is 25.2 Å². The van der Waals surface area contributed by atoms with Gasteiger partial charge in [0.1, 0.15) is 0 Å². The molecule has 0 saturated carbocycles. The van der Waals surface area contributed by atoms with Crippen LogP contribution in [0.2, 0.25) is 0 Å². The Morgan fingerprint density at radius 2 is 1.88 bits per heavy atom. The highest BCUT2D eigenvalue weighted by atomic mass is 16.2. The zero-order valence-electron chi connectivity index (χ0n) is 13.7. The molecule has 3 rings (SSSR count). The van der Waals surface area contributed by atoms with Gasteiger partial charge in [0.25, 0.3) is 0 Å². The summed E-state index contributed by atoms with van der Waals surface area (Å²) in [4.78, 5) is 25.9. The quantitative estimate of drug-likeness (QED) is 0.905. The molecule has 24 heavy (non-hydrogen) atoms. The number of carbonyl (C=O) groups excluding carboxylic acids is 2. The van der Waals surface area contributed by atoms with Crippen LogP contribution in [0.25, 0.3) is 0 Å². The Bertz CT molecular complexity index is 758. The van der Waals surface area contributed by atoms with Crippen LogP contribution in [-0.4, -0.2) is 18.5 Å². The second-order valence-electron chi connectivity index (χ2n) is 5.90. The Morgan fingerprint density at radius 3 is 2.62 bits per heavy atom. The maximum Gasteiger partial charge on any atom is 0.319 e. The highest BCUT2D eigenvalue weighted by molar-refractivity contribution is 6.01. The summed E-state index contributed by atoms with van der Waals surface area (Å²) in [5.74, 6) is 0.101. The summed E-state index contributed by atoms with van der Waals surface area (Å²) >= 11 is 0. The maximum absolute atomic E-state index is 12.2. The summed E-state index contributed by atoms with van der Waals surface area (Å²) in [7, 11) is 0. The Labute approximate surface area is 141 Å². The molecule has 0 spiro atoms. The lowest BCUT2D eigenvalue weighted by molar-refractivity contribution is -0.117. The van der Waals surface area contributed by atoms with Crippen LogP contribution in [0.1, 0.15) is 24.0 Å². The van der Waals surface area contributed by atoms with Crippen molar-refractivity contribution in [3.63, 3.8) is 0 Å². The first-order valence-electron chi connectivity index (χ1n) is 8.14. The molecule has 124 valence electrons. The van der Waals surface area contributed by atoms with E-state index in [0.717, 1.165) is 23.2 Å². The molecular weight excluding hydrogens is 302 g/mol. The van der Waals surface area contributed by atoms with Crippen LogP contribution in [-0.2, 0) is 11.3 Å². The molecule has 0 unspecified atom stereocenters. The minimum absolute atomic E-state index is 0.101. The van der Waals surface area contributed by atoms with Gasteiger partial charge >= 0.3 is 6.03 Å². The number of aryl methyl sites for hydroxylation is 1. The van der Waals surface area contributed by atoms with Crippen LogP contribution < -0.4 is 15.5 Å². The molecule has 1 saturated heterocycles. The van der Waals surface area contributed by atoms with Crippen molar-refractivity contribution in [3.05, 3.63) is 59.7 Å². The molecule has 0 aromatic heterocycles. The van der Waals surface area contributed by atoms with Gasteiger partial charge < -0.3 is 15.5 Å². The van der Waals surface area contributed by atoms with Crippen molar-refractivity contribution in [3.8, 4) is 0 Å². The van der Waals surface area contributed by atoms with Crippen LogP contribution in [0.5, 0.6) is 0 Å². The summed E-state index contributed by atoms with van der Waals surface area (Å²) in [5, 5.41) is 5.72. The number of hydrogen-bond acceptors (Lipinski definition) is 2. The molecule has 0 bridgehead atoms. The second-order valence-corrected chi connectivity index (χ2v) is 5.90. The van der Waals surface area contributed by atoms with E-state index in [4.69, 9.17) is 0 Å². The first kappa shape index (κ1) is 16.1. The fraction of sp³-hybridized carbons (Fsp3) is 0.263. The van der Waals surface area contributed by atoms with Gasteiger partial charge in [0, 0.05) is 19.5 Å². The zero-order valence-corrected chi connectivity index (χ0v) is 13.7. The third kappa shape index (κ3) is 3.56. The number of anilines is 2. The van der Waals surface area contributed by atoms with Crippen molar-refractivity contribution < 1.29 is 9.59 Å². The molecule has 0 radical (unpaired) electrons. The molecule has 2 N–H and O–H groups in total. The zero-order chi connectivity index (χ0) is 16.9. The molecule has 2 aromatic carbocycles. The largest absolute Gasteiger partial charge is 0.334 e. The van der Waals surface area contributed by atoms with E-state index >= 15 is 0 Å². The van der Waals surface area contributed by atoms with E-state index in [9.17, 15) is 9.59 Å². The monoisotopic (exact) mass is 323 g/mol. The molecule has 1 aliphatic rings. The predicted molar refractivity (Wildman–Crippen MR) is 95.1 cm³/mol. The van der Waals surface area contributed by atoms with Crippen molar-refractivity contribution in [2.45, 2.75) is 26.3 Å². The van der Waals surface area contributed by atoms with Gasteiger partial charge in [0.2, 0.25) is 5.91 Å². The molecule has 1 heterocycles. The van der Waals surface area contributed by atoms with Gasteiger partial charge in [0.05, 0.1) is 11.4 Å². The standard InChI is InChI=1S/C19H21N3O2/c1-14-7-2-3-8-15(14)13-20-19(24)21-16-9-4-5-10-17(16)22-12-6-11-18(22)23/h2-5,7-10H,6,11-13H2,1H3,(H2,20,21,24). The minimum atomic E-state index is -0.280. The number of amides is 3. The highest BCUT2D eigenvalue weighted by Gasteiger charge is 2.24. The molecule has 0 aliphatic carbocycles. The van der Waals surface area contributed by atoms with Crippen molar-refractivity contribution >= 4 is 23.3 Å². The summed E-state index contributed by atoms with van der Waals surface area (Å²) < 4.78 is 0. The van der Waals surface area contributed by atoms with E-state index < -0.39 is 0 Å². The van der Waals surface area contributed by atoms with E-state index in [1.54, 1.807) is 4.90 Å². The van der Waals surface area contributed by atoms with E-state index in [1.165, 1.54) is 0 Å². The van der Waals surface area contributed by atoms with E-state index in [1.807, 2.05) is 55.5 Å².